The predicted octanol–water partition coefficient (Wildman–Crippen LogP) is 2.94. The number of piperidine rings is 1. The average molecular weight is 348 g/mol. The van der Waals surface area contributed by atoms with Crippen LogP contribution in [0.3, 0.4) is 0 Å². The van der Waals surface area contributed by atoms with Crippen molar-refractivity contribution in [2.24, 2.45) is 4.99 Å². The Morgan fingerprint density at radius 1 is 0.962 bits per heavy atom. The molecule has 0 atom stereocenters. The van der Waals surface area contributed by atoms with E-state index in [2.05, 4.69) is 57.0 Å². The van der Waals surface area contributed by atoms with Crippen LogP contribution in [0.5, 0.6) is 0 Å². The van der Waals surface area contributed by atoms with Crippen LogP contribution in [0.4, 0.5) is 0 Å². The number of aliphatic imine (C=N–C) groups is 1. The second-order valence-electron chi connectivity index (χ2n) is 7.48. The molecule has 4 rings (SSSR count). The first-order chi connectivity index (χ1) is 12.9. The molecule has 1 aromatic carbocycles. The minimum atomic E-state index is 0.871. The molecule has 136 valence electrons. The fourth-order valence-corrected chi connectivity index (χ4v) is 3.93. The lowest BCUT2D eigenvalue weighted by atomic mass is 10.0. The zero-order valence-corrected chi connectivity index (χ0v) is 15.5. The number of likely N-dealkylation sites (tertiary alicyclic amines) is 1. The molecule has 4 heteroatoms. The van der Waals surface area contributed by atoms with Gasteiger partial charge in [0.2, 0.25) is 0 Å². The van der Waals surface area contributed by atoms with E-state index in [-0.39, 0.29) is 0 Å². The van der Waals surface area contributed by atoms with Crippen molar-refractivity contribution in [2.45, 2.75) is 32.2 Å². The quantitative estimate of drug-likeness (QED) is 0.784. The highest BCUT2D eigenvalue weighted by Gasteiger charge is 2.22. The van der Waals surface area contributed by atoms with Crippen LogP contribution < -0.4 is 0 Å². The second kappa shape index (κ2) is 8.42. The monoisotopic (exact) mass is 348 g/mol. The molecule has 3 heterocycles. The van der Waals surface area contributed by atoms with Gasteiger partial charge in [-0.2, -0.15) is 0 Å². The maximum Gasteiger partial charge on any atom is 0.0914 e. The van der Waals surface area contributed by atoms with Gasteiger partial charge in [0, 0.05) is 57.4 Å². The average Bonchev–Trinajstić information content (AvgIpc) is 2.69. The van der Waals surface area contributed by atoms with Gasteiger partial charge in [-0.05, 0) is 30.4 Å². The van der Waals surface area contributed by atoms with Gasteiger partial charge in [0.25, 0.3) is 0 Å². The lowest BCUT2D eigenvalue weighted by molar-refractivity contribution is 0.298. The Kier molecular flexibility index (Phi) is 5.56. The van der Waals surface area contributed by atoms with E-state index in [1.54, 1.807) is 0 Å². The van der Waals surface area contributed by atoms with Gasteiger partial charge in [0.15, 0.2) is 0 Å². The van der Waals surface area contributed by atoms with Crippen LogP contribution in [0, 0.1) is 12.0 Å². The van der Waals surface area contributed by atoms with E-state index >= 15 is 0 Å². The van der Waals surface area contributed by atoms with Crippen molar-refractivity contribution in [3.8, 4) is 12.0 Å². The summed E-state index contributed by atoms with van der Waals surface area (Å²) < 4.78 is 0. The van der Waals surface area contributed by atoms with E-state index in [0.717, 1.165) is 52.2 Å². The molecule has 0 aliphatic carbocycles. The van der Waals surface area contributed by atoms with Gasteiger partial charge in [0.05, 0.1) is 12.9 Å². The fourth-order valence-electron chi connectivity index (χ4n) is 3.93. The number of benzene rings is 1. The first-order valence-electron chi connectivity index (χ1n) is 9.86. The molecule has 0 radical (unpaired) electrons. The van der Waals surface area contributed by atoms with E-state index in [1.165, 1.54) is 36.1 Å². The van der Waals surface area contributed by atoms with Crippen LogP contribution in [0.15, 0.2) is 46.6 Å². The zero-order chi connectivity index (χ0) is 17.6. The molecule has 0 bridgehead atoms. The third-order valence-electron chi connectivity index (χ3n) is 5.38. The van der Waals surface area contributed by atoms with E-state index in [0.29, 0.717) is 0 Å². The molecule has 3 aliphatic heterocycles. The Labute approximate surface area is 157 Å². The summed E-state index contributed by atoms with van der Waals surface area (Å²) in [4.78, 5) is 11.8. The molecule has 0 saturated carbocycles. The third-order valence-corrected chi connectivity index (χ3v) is 5.38. The van der Waals surface area contributed by atoms with E-state index in [9.17, 15) is 0 Å². The van der Waals surface area contributed by atoms with Crippen LogP contribution in [0.1, 0.15) is 31.2 Å². The number of hydrogen-bond acceptors (Lipinski definition) is 4. The second-order valence-corrected chi connectivity index (χ2v) is 7.48. The molecule has 0 amide bonds. The lowest BCUT2D eigenvalue weighted by Crippen LogP contribution is -2.38. The largest absolute Gasteiger partial charge is 0.354 e. The topological polar surface area (TPSA) is 22.1 Å². The highest BCUT2D eigenvalue weighted by atomic mass is 15.2. The van der Waals surface area contributed by atoms with Gasteiger partial charge in [-0.1, -0.05) is 36.3 Å². The van der Waals surface area contributed by atoms with E-state index < -0.39 is 0 Å². The van der Waals surface area contributed by atoms with Crippen molar-refractivity contribution in [3.63, 3.8) is 0 Å². The Morgan fingerprint density at radius 3 is 2.65 bits per heavy atom. The molecule has 4 nitrogen and oxygen atoms in total. The van der Waals surface area contributed by atoms with Crippen molar-refractivity contribution in [2.75, 3.05) is 39.3 Å². The summed E-state index contributed by atoms with van der Waals surface area (Å²) in [7, 11) is 0. The Morgan fingerprint density at radius 2 is 1.81 bits per heavy atom. The molecule has 1 aromatic rings. The van der Waals surface area contributed by atoms with Crippen molar-refractivity contribution in [1.82, 2.24) is 14.7 Å². The summed E-state index contributed by atoms with van der Waals surface area (Å²) in [5.41, 5.74) is 4.10. The summed E-state index contributed by atoms with van der Waals surface area (Å²) in [5, 5.41) is 0. The highest BCUT2D eigenvalue weighted by molar-refractivity contribution is 5.60. The Balaban J connectivity index is 1.30. The van der Waals surface area contributed by atoms with Gasteiger partial charge in [-0.15, -0.1) is 0 Å². The molecular weight excluding hydrogens is 320 g/mol. The van der Waals surface area contributed by atoms with E-state index in [4.69, 9.17) is 4.99 Å². The normalized spacial score (nSPS) is 20.6. The standard InChI is InChI=1S/C22H28N4/c1-3-8-20(9-4-1)16-26-18-21-17-25(15-10-22(21)23-19-26)14-7-13-24-11-5-2-6-12-24/h1,3-4,8-9,19H,2,5-6,10-12,14-18H2. The van der Waals surface area contributed by atoms with Gasteiger partial charge in [-0.3, -0.25) is 4.90 Å². The minimum Gasteiger partial charge on any atom is -0.354 e. The summed E-state index contributed by atoms with van der Waals surface area (Å²) in [5.74, 6) is 3.40. The highest BCUT2D eigenvalue weighted by Crippen LogP contribution is 2.23. The summed E-state index contributed by atoms with van der Waals surface area (Å²) in [6, 6.07) is 14.0. The number of nitrogens with zero attached hydrogens (tertiary/aromatic N) is 4. The molecule has 0 spiro atoms. The van der Waals surface area contributed by atoms with Crippen LogP contribution in [0.2, 0.25) is 0 Å². The van der Waals surface area contributed by atoms with Crippen LogP contribution in [-0.4, -0.2) is 60.3 Å². The van der Waals surface area contributed by atoms with Crippen LogP contribution in [-0.2, 0) is 6.54 Å². The SMILES string of the molecule is C(#CN1CCCCC1)CN1CCC2=C(CN(Cc3ccccc3)C=N2)C1. The van der Waals surface area contributed by atoms with Crippen molar-refractivity contribution < 1.29 is 0 Å². The number of hydrogen-bond donors (Lipinski definition) is 0. The molecule has 1 saturated heterocycles. The van der Waals surface area contributed by atoms with Crippen molar-refractivity contribution >= 4 is 6.34 Å². The fraction of sp³-hybridized carbons (Fsp3) is 0.500. The van der Waals surface area contributed by atoms with Gasteiger partial charge >= 0.3 is 0 Å². The Bertz CT molecular complexity index is 720. The first kappa shape index (κ1) is 17.2. The van der Waals surface area contributed by atoms with Crippen LogP contribution in [0.25, 0.3) is 0 Å². The van der Waals surface area contributed by atoms with E-state index in [1.807, 2.05) is 6.34 Å². The molecule has 0 aromatic heterocycles. The first-order valence-corrected chi connectivity index (χ1v) is 9.86. The molecular formula is C22H28N4. The molecule has 0 unspecified atom stereocenters. The molecule has 26 heavy (non-hydrogen) atoms. The smallest absolute Gasteiger partial charge is 0.0914 e. The number of rotatable bonds is 3. The Hall–Kier alpha value is -2.25. The minimum absolute atomic E-state index is 0.871. The third kappa shape index (κ3) is 4.47. The lowest BCUT2D eigenvalue weighted by Gasteiger charge is -2.33. The van der Waals surface area contributed by atoms with Crippen molar-refractivity contribution in [3.05, 3.63) is 47.2 Å². The zero-order valence-electron chi connectivity index (χ0n) is 15.5. The summed E-state index contributed by atoms with van der Waals surface area (Å²) in [6.07, 6.45) is 7.03. The maximum absolute atomic E-state index is 4.73. The van der Waals surface area contributed by atoms with Gasteiger partial charge in [-0.25, -0.2) is 4.99 Å². The summed E-state index contributed by atoms with van der Waals surface area (Å²) in [6.45, 7) is 7.16. The summed E-state index contributed by atoms with van der Waals surface area (Å²) >= 11 is 0. The molecule has 1 fully saturated rings. The predicted molar refractivity (Wildman–Crippen MR) is 107 cm³/mol. The van der Waals surface area contributed by atoms with Gasteiger partial charge in [0.1, 0.15) is 0 Å². The van der Waals surface area contributed by atoms with Crippen LogP contribution >= 0.6 is 0 Å². The maximum atomic E-state index is 4.73. The van der Waals surface area contributed by atoms with Crippen molar-refractivity contribution in [1.29, 1.82) is 0 Å². The molecule has 0 N–H and O–H groups in total. The molecule has 3 aliphatic rings. The van der Waals surface area contributed by atoms with Gasteiger partial charge < -0.3 is 9.80 Å².